The van der Waals surface area contributed by atoms with Crippen molar-refractivity contribution < 1.29 is 13.2 Å². The molecule has 1 heterocycles. The van der Waals surface area contributed by atoms with Gasteiger partial charge in [0, 0.05) is 24.5 Å². The first kappa shape index (κ1) is 19.4. The van der Waals surface area contributed by atoms with E-state index in [0.717, 1.165) is 24.1 Å². The van der Waals surface area contributed by atoms with E-state index >= 15 is 0 Å². The molecule has 1 atom stereocenters. The van der Waals surface area contributed by atoms with Gasteiger partial charge < -0.3 is 10.6 Å². The Morgan fingerprint density at radius 3 is 2.48 bits per heavy atom. The van der Waals surface area contributed by atoms with Gasteiger partial charge in [0.15, 0.2) is 0 Å². The van der Waals surface area contributed by atoms with Crippen molar-refractivity contribution in [3.8, 4) is 0 Å². The lowest BCUT2D eigenvalue weighted by molar-refractivity contribution is -0.116. The first-order valence-corrected chi connectivity index (χ1v) is 10.6. The molecule has 1 aliphatic rings. The minimum atomic E-state index is -3.48. The summed E-state index contributed by atoms with van der Waals surface area (Å²) in [7, 11) is -3.48. The van der Waals surface area contributed by atoms with Crippen LogP contribution in [0.3, 0.4) is 0 Å². The maximum Gasteiger partial charge on any atom is 0.246 e. The summed E-state index contributed by atoms with van der Waals surface area (Å²) in [6.07, 6.45) is 1.79. The van der Waals surface area contributed by atoms with Crippen molar-refractivity contribution in [3.63, 3.8) is 0 Å². The van der Waals surface area contributed by atoms with Crippen LogP contribution in [0, 0.1) is 6.92 Å². The molecule has 1 aliphatic heterocycles. The van der Waals surface area contributed by atoms with Crippen LogP contribution in [-0.2, 0) is 14.8 Å². The van der Waals surface area contributed by atoms with Crippen LogP contribution in [0.1, 0.15) is 25.3 Å². The van der Waals surface area contributed by atoms with E-state index in [0.29, 0.717) is 18.8 Å². The zero-order valence-electron chi connectivity index (χ0n) is 15.6. The van der Waals surface area contributed by atoms with Gasteiger partial charge in [-0.05, 0) is 56.5 Å². The van der Waals surface area contributed by atoms with Gasteiger partial charge in [-0.25, -0.2) is 8.42 Å². The van der Waals surface area contributed by atoms with Crippen LogP contribution >= 0.6 is 0 Å². The van der Waals surface area contributed by atoms with E-state index in [1.54, 1.807) is 31.2 Å². The number of rotatable bonds is 6. The molecular formula is C20H25N3O3S. The molecule has 2 aromatic rings. The SMILES string of the molecule is Cc1ccccc1NC(=O)[C@@H](C)Nc1cccc(S(=O)(=O)N2CCCC2)c1. The second-order valence-electron chi connectivity index (χ2n) is 6.81. The van der Waals surface area contributed by atoms with E-state index in [-0.39, 0.29) is 10.8 Å². The lowest BCUT2D eigenvalue weighted by atomic mass is 10.2. The summed E-state index contributed by atoms with van der Waals surface area (Å²) >= 11 is 0. The van der Waals surface area contributed by atoms with Gasteiger partial charge in [0.1, 0.15) is 6.04 Å². The molecule has 0 aromatic heterocycles. The fourth-order valence-corrected chi connectivity index (χ4v) is 4.66. The smallest absolute Gasteiger partial charge is 0.246 e. The van der Waals surface area contributed by atoms with Gasteiger partial charge in [-0.1, -0.05) is 24.3 Å². The molecule has 0 radical (unpaired) electrons. The van der Waals surface area contributed by atoms with E-state index in [4.69, 9.17) is 0 Å². The number of nitrogens with one attached hydrogen (secondary N) is 2. The average molecular weight is 388 g/mol. The number of para-hydroxylation sites is 1. The molecule has 144 valence electrons. The molecule has 0 spiro atoms. The molecule has 3 rings (SSSR count). The lowest BCUT2D eigenvalue weighted by Crippen LogP contribution is -2.32. The molecule has 27 heavy (non-hydrogen) atoms. The van der Waals surface area contributed by atoms with Crippen LogP contribution in [0.25, 0.3) is 0 Å². The highest BCUT2D eigenvalue weighted by Gasteiger charge is 2.27. The van der Waals surface area contributed by atoms with Crippen molar-refractivity contribution in [2.75, 3.05) is 23.7 Å². The highest BCUT2D eigenvalue weighted by atomic mass is 32.2. The number of amides is 1. The minimum Gasteiger partial charge on any atom is -0.374 e. The Morgan fingerprint density at radius 2 is 1.78 bits per heavy atom. The molecule has 0 saturated carbocycles. The number of anilines is 2. The molecule has 6 nitrogen and oxygen atoms in total. The standard InChI is InChI=1S/C20H25N3O3S/c1-15-8-3-4-11-19(15)22-20(24)16(2)21-17-9-7-10-18(14-17)27(25,26)23-12-5-6-13-23/h3-4,7-11,14,16,21H,5-6,12-13H2,1-2H3,(H,22,24)/t16-/m1/s1. The van der Waals surface area contributed by atoms with Crippen LogP contribution in [0.5, 0.6) is 0 Å². The summed E-state index contributed by atoms with van der Waals surface area (Å²) in [6.45, 7) is 4.81. The first-order valence-electron chi connectivity index (χ1n) is 9.11. The van der Waals surface area contributed by atoms with Crippen molar-refractivity contribution in [1.82, 2.24) is 4.31 Å². The maximum atomic E-state index is 12.7. The van der Waals surface area contributed by atoms with Gasteiger partial charge in [-0.2, -0.15) is 4.31 Å². The number of carbonyl (C=O) groups is 1. The van der Waals surface area contributed by atoms with E-state index < -0.39 is 16.1 Å². The van der Waals surface area contributed by atoms with Gasteiger partial charge in [0.2, 0.25) is 15.9 Å². The van der Waals surface area contributed by atoms with Crippen molar-refractivity contribution in [2.45, 2.75) is 37.6 Å². The second-order valence-corrected chi connectivity index (χ2v) is 8.75. The van der Waals surface area contributed by atoms with Crippen molar-refractivity contribution in [1.29, 1.82) is 0 Å². The van der Waals surface area contributed by atoms with E-state index in [9.17, 15) is 13.2 Å². The molecule has 0 bridgehead atoms. The van der Waals surface area contributed by atoms with Crippen LogP contribution in [0.15, 0.2) is 53.4 Å². The summed E-state index contributed by atoms with van der Waals surface area (Å²) < 4.78 is 26.9. The predicted octanol–water partition coefficient (Wildman–Crippen LogP) is 3.22. The normalized spacial score (nSPS) is 16.1. The number of hydrogen-bond acceptors (Lipinski definition) is 4. The zero-order chi connectivity index (χ0) is 19.4. The number of nitrogens with zero attached hydrogens (tertiary/aromatic N) is 1. The Bertz CT molecular complexity index is 922. The monoisotopic (exact) mass is 387 g/mol. The summed E-state index contributed by atoms with van der Waals surface area (Å²) in [4.78, 5) is 12.7. The lowest BCUT2D eigenvalue weighted by Gasteiger charge is -2.18. The van der Waals surface area contributed by atoms with Crippen molar-refractivity contribution in [2.24, 2.45) is 0 Å². The number of sulfonamides is 1. The highest BCUT2D eigenvalue weighted by molar-refractivity contribution is 7.89. The largest absolute Gasteiger partial charge is 0.374 e. The fraction of sp³-hybridized carbons (Fsp3) is 0.350. The van der Waals surface area contributed by atoms with Crippen LogP contribution in [0.2, 0.25) is 0 Å². The summed E-state index contributed by atoms with van der Waals surface area (Å²) in [5, 5.41) is 5.98. The third-order valence-electron chi connectivity index (χ3n) is 4.72. The van der Waals surface area contributed by atoms with Gasteiger partial charge in [-0.3, -0.25) is 4.79 Å². The summed E-state index contributed by atoms with van der Waals surface area (Å²) in [6, 6.07) is 13.7. The number of carbonyl (C=O) groups excluding carboxylic acids is 1. The summed E-state index contributed by atoms with van der Waals surface area (Å²) in [5.41, 5.74) is 2.35. The molecule has 1 fully saturated rings. The molecule has 7 heteroatoms. The van der Waals surface area contributed by atoms with Crippen LogP contribution < -0.4 is 10.6 Å². The Hall–Kier alpha value is -2.38. The molecule has 0 unspecified atom stereocenters. The highest BCUT2D eigenvalue weighted by Crippen LogP contribution is 2.23. The minimum absolute atomic E-state index is 0.183. The molecular weight excluding hydrogens is 362 g/mol. The van der Waals surface area contributed by atoms with Gasteiger partial charge >= 0.3 is 0 Å². The van der Waals surface area contributed by atoms with E-state index in [1.165, 1.54) is 4.31 Å². The fourth-order valence-electron chi connectivity index (χ4n) is 3.09. The topological polar surface area (TPSA) is 78.5 Å². The third-order valence-corrected chi connectivity index (χ3v) is 6.61. The molecule has 1 amide bonds. The quantitative estimate of drug-likeness (QED) is 0.798. The van der Waals surface area contributed by atoms with E-state index in [1.807, 2.05) is 31.2 Å². The van der Waals surface area contributed by atoms with Gasteiger partial charge in [0.25, 0.3) is 0 Å². The van der Waals surface area contributed by atoms with Crippen LogP contribution in [0.4, 0.5) is 11.4 Å². The Balaban J connectivity index is 1.70. The van der Waals surface area contributed by atoms with E-state index in [2.05, 4.69) is 10.6 Å². The Morgan fingerprint density at radius 1 is 1.07 bits per heavy atom. The van der Waals surface area contributed by atoms with Gasteiger partial charge in [0.05, 0.1) is 4.90 Å². The molecule has 2 aromatic carbocycles. The zero-order valence-corrected chi connectivity index (χ0v) is 16.4. The first-order chi connectivity index (χ1) is 12.9. The number of benzene rings is 2. The van der Waals surface area contributed by atoms with Crippen LogP contribution in [-0.4, -0.2) is 37.8 Å². The molecule has 0 aliphatic carbocycles. The third kappa shape index (κ3) is 4.48. The Kier molecular flexibility index (Phi) is 5.82. The average Bonchev–Trinajstić information content (AvgIpc) is 3.19. The number of aryl methyl sites for hydroxylation is 1. The molecule has 2 N–H and O–H groups in total. The van der Waals surface area contributed by atoms with Crippen molar-refractivity contribution >= 4 is 27.3 Å². The second kappa shape index (κ2) is 8.10. The molecule has 1 saturated heterocycles. The number of hydrogen-bond donors (Lipinski definition) is 2. The summed E-state index contributed by atoms with van der Waals surface area (Å²) in [5.74, 6) is -0.183. The Labute approximate surface area is 160 Å². The maximum absolute atomic E-state index is 12.7. The van der Waals surface area contributed by atoms with Crippen molar-refractivity contribution in [3.05, 3.63) is 54.1 Å². The van der Waals surface area contributed by atoms with Gasteiger partial charge in [-0.15, -0.1) is 0 Å². The predicted molar refractivity (Wildman–Crippen MR) is 107 cm³/mol.